The maximum absolute atomic E-state index is 14.0. The van der Waals surface area contributed by atoms with Crippen LogP contribution in [0, 0.1) is 35.1 Å². The number of aliphatic imine (C=N–C) groups is 1. The predicted octanol–water partition coefficient (Wildman–Crippen LogP) is 4.98. The largest absolute Gasteiger partial charge is 0.420 e. The summed E-state index contributed by atoms with van der Waals surface area (Å²) < 4.78 is 163. The summed E-state index contributed by atoms with van der Waals surface area (Å²) in [6, 6.07) is 12.2. The average Bonchev–Trinajstić information content (AvgIpc) is 0.850. The first-order valence-electron chi connectivity index (χ1n) is 31.2. The lowest BCUT2D eigenvalue weighted by Gasteiger charge is -2.38. The highest BCUT2D eigenvalue weighted by atomic mass is 32.2. The molecule has 0 aliphatic carbocycles. The van der Waals surface area contributed by atoms with Gasteiger partial charge in [-0.25, -0.2) is 31.5 Å². The first kappa shape index (κ1) is 77.1. The Morgan fingerprint density at radius 2 is 1.17 bits per heavy atom. The average molecular weight is 1380 g/mol. The van der Waals surface area contributed by atoms with Crippen molar-refractivity contribution in [3.05, 3.63) is 76.9 Å². The van der Waals surface area contributed by atoms with Gasteiger partial charge >= 0.3 is 5.97 Å². The van der Waals surface area contributed by atoms with Crippen LogP contribution in [0.1, 0.15) is 57.9 Å². The Morgan fingerprint density at radius 3 is 1.66 bits per heavy atom. The van der Waals surface area contributed by atoms with Gasteiger partial charge in [0.05, 0.1) is 162 Å². The molecule has 3 aromatic rings. The van der Waals surface area contributed by atoms with Crippen molar-refractivity contribution >= 4 is 62.4 Å². The van der Waals surface area contributed by atoms with Gasteiger partial charge in [-0.2, -0.15) is 13.1 Å². The van der Waals surface area contributed by atoms with E-state index in [4.69, 9.17) is 62.5 Å². The minimum atomic E-state index is -3.82. The Balaban J connectivity index is 0.668. The van der Waals surface area contributed by atoms with Crippen LogP contribution in [0.15, 0.2) is 62.8 Å². The van der Waals surface area contributed by atoms with E-state index in [1.807, 2.05) is 38.1 Å². The minimum Gasteiger partial charge on any atom is -0.420 e. The first-order chi connectivity index (χ1) is 45.4. The monoisotopic (exact) mass is 1370 g/mol. The fraction of sp³-hybridized carbons (Fsp3) is 0.597. The van der Waals surface area contributed by atoms with Crippen molar-refractivity contribution in [1.82, 2.24) is 19.6 Å². The topological polar surface area (TPSA) is 311 Å². The number of nitrogens with zero attached hydrogens (tertiary/aromatic N) is 4. The normalized spacial score (nSPS) is 15.0. The van der Waals surface area contributed by atoms with Crippen molar-refractivity contribution < 1.29 is 111 Å². The number of likely N-dealkylation sites (tertiary alicyclic amines) is 1. The number of hydrogen-bond donors (Lipinski definition) is 3. The van der Waals surface area contributed by atoms with Crippen LogP contribution in [-0.2, 0) is 92.5 Å². The van der Waals surface area contributed by atoms with Crippen LogP contribution in [0.4, 0.5) is 23.2 Å². The van der Waals surface area contributed by atoms with E-state index in [0.717, 1.165) is 12.0 Å². The highest BCUT2D eigenvalue weighted by Crippen LogP contribution is 2.35. The molecule has 0 bridgehead atoms. The lowest BCUT2D eigenvalue weighted by Crippen LogP contribution is -2.54. The zero-order valence-electron chi connectivity index (χ0n) is 53.0. The van der Waals surface area contributed by atoms with Crippen molar-refractivity contribution in [3.8, 4) is 16.9 Å². The number of piperidine rings is 1. The van der Waals surface area contributed by atoms with Crippen molar-refractivity contribution in [2.75, 3.05) is 178 Å². The van der Waals surface area contributed by atoms with Crippen molar-refractivity contribution in [2.24, 2.45) is 22.6 Å². The number of carbonyl (C=O) groups excluding carboxylic acids is 4. The third-order valence-corrected chi connectivity index (χ3v) is 17.1. The van der Waals surface area contributed by atoms with E-state index >= 15 is 0 Å². The lowest BCUT2D eigenvalue weighted by atomic mass is 9.95. The standard InChI is InChI=1S/C62H86F4N6O20S2/c1-3-14-72(91-4-2)62(76)49-37-48-9-8-47(39-51(48)69-52(67)40-49)46-6-5-7-50(38-46)94(79,80)71-42-44(43-71)41-68-61(75)45-10-15-70(16-11-45)53(73)12-17-81-19-21-83-23-25-85-27-29-87-31-33-89-35-36-90-34-32-88-30-28-86-26-24-84-22-20-82-18-13-54(74)92-59-55(63)57(65)60(93(77)78)58(66)56(59)64/h5-9,37-39,44-45H,3-4,10-36,40-43H2,1-2H3,(H2,67,69)(H,68,75)(H,77,78). The summed E-state index contributed by atoms with van der Waals surface area (Å²) in [5, 5.41) is 4.36. The van der Waals surface area contributed by atoms with Gasteiger partial charge in [0.2, 0.25) is 39.2 Å². The van der Waals surface area contributed by atoms with E-state index in [-0.39, 0.29) is 106 Å². The number of halogens is 4. The second kappa shape index (κ2) is 41.9. The molecule has 3 amide bonds. The molecule has 0 aromatic heterocycles. The van der Waals surface area contributed by atoms with Crippen molar-refractivity contribution in [2.45, 2.75) is 62.2 Å². The fourth-order valence-electron chi connectivity index (χ4n) is 9.62. The summed E-state index contributed by atoms with van der Waals surface area (Å²) in [6.07, 6.45) is 3.41. The molecule has 1 atom stereocenters. The first-order valence-corrected chi connectivity index (χ1v) is 33.7. The van der Waals surface area contributed by atoms with Gasteiger partial charge in [0, 0.05) is 68.7 Å². The SMILES string of the molecule is CCCN(OCC)C(=O)C1=Cc2ccc(-c3cccc(S(=O)(=O)N4CC(CNC(=O)C5CCN(C(=O)CCOCCOCCOCCOCCOCCOCCOCCOCCOCCOCCC(=O)Oc6c(F)c(F)c(S(=O)O)c(F)c6F)CC5)C4)c3)cc2N=C(N)C1. The Morgan fingerprint density at radius 1 is 0.681 bits per heavy atom. The van der Waals surface area contributed by atoms with Crippen LogP contribution < -0.4 is 15.8 Å². The summed E-state index contributed by atoms with van der Waals surface area (Å²) in [7, 11) is -3.82. The zero-order chi connectivity index (χ0) is 67.7. The number of amidine groups is 1. The van der Waals surface area contributed by atoms with Gasteiger partial charge in [0.1, 0.15) is 10.7 Å². The second-order valence-corrected chi connectivity index (χ2v) is 24.3. The van der Waals surface area contributed by atoms with Crippen LogP contribution in [-0.4, -0.2) is 239 Å². The molecule has 4 N–H and O–H groups in total. The van der Waals surface area contributed by atoms with E-state index < -0.39 is 67.4 Å². The molecule has 32 heteroatoms. The molecule has 3 aromatic carbocycles. The quantitative estimate of drug-likeness (QED) is 0.0128. The number of hydroxylamine groups is 2. The van der Waals surface area contributed by atoms with E-state index in [2.05, 4.69) is 15.0 Å². The zero-order valence-corrected chi connectivity index (χ0v) is 54.6. The fourth-order valence-corrected chi connectivity index (χ4v) is 11.7. The van der Waals surface area contributed by atoms with Crippen LogP contribution in [0.25, 0.3) is 17.2 Å². The molecule has 2 saturated heterocycles. The van der Waals surface area contributed by atoms with Gasteiger partial charge in [0.15, 0.2) is 22.7 Å². The summed E-state index contributed by atoms with van der Waals surface area (Å²) >= 11 is -3.36. The molecular weight excluding hydrogens is 1290 g/mol. The van der Waals surface area contributed by atoms with Crippen LogP contribution >= 0.6 is 0 Å². The molecule has 0 radical (unpaired) electrons. The van der Waals surface area contributed by atoms with Gasteiger partial charge in [-0.05, 0) is 61.6 Å². The Labute approximate surface area is 547 Å². The maximum atomic E-state index is 14.0. The number of hydrogen-bond acceptors (Lipinski definition) is 21. The molecule has 2 fully saturated rings. The number of amides is 3. The molecule has 3 heterocycles. The maximum Gasteiger partial charge on any atom is 0.313 e. The third-order valence-electron chi connectivity index (χ3n) is 14.6. The summed E-state index contributed by atoms with van der Waals surface area (Å²) in [5.74, 6) is -11.9. The summed E-state index contributed by atoms with van der Waals surface area (Å²) in [5.41, 5.74) is 9.41. The van der Waals surface area contributed by atoms with Crippen molar-refractivity contribution in [3.63, 3.8) is 0 Å². The number of nitrogens with one attached hydrogen (secondary N) is 1. The van der Waals surface area contributed by atoms with Crippen molar-refractivity contribution in [1.29, 1.82) is 0 Å². The van der Waals surface area contributed by atoms with Gasteiger partial charge in [-0.1, -0.05) is 31.2 Å². The van der Waals surface area contributed by atoms with E-state index in [9.17, 15) is 49.4 Å². The number of esters is 1. The van der Waals surface area contributed by atoms with E-state index in [0.29, 0.717) is 161 Å². The van der Waals surface area contributed by atoms with Gasteiger partial charge in [0.25, 0.3) is 5.91 Å². The number of carbonyl (C=O) groups is 4. The number of benzene rings is 3. The Hall–Kier alpha value is -5.95. The van der Waals surface area contributed by atoms with Gasteiger partial charge < -0.3 is 72.6 Å². The minimum absolute atomic E-state index is 0.0372. The van der Waals surface area contributed by atoms with Crippen LogP contribution in [0.3, 0.4) is 0 Å². The number of nitrogens with two attached hydrogens (primary N) is 1. The summed E-state index contributed by atoms with van der Waals surface area (Å²) in [4.78, 5) is 61.5. The molecule has 524 valence electrons. The molecule has 6 rings (SSSR count). The molecule has 0 saturated carbocycles. The molecule has 3 aliphatic heterocycles. The Kier molecular flexibility index (Phi) is 34.3. The molecular formula is C62H86F4N6O20S2. The van der Waals surface area contributed by atoms with E-state index in [1.165, 1.54) is 9.37 Å². The molecule has 26 nitrogen and oxygen atoms in total. The van der Waals surface area contributed by atoms with Gasteiger partial charge in [-0.15, -0.1) is 0 Å². The van der Waals surface area contributed by atoms with E-state index in [1.54, 1.807) is 29.2 Å². The molecule has 94 heavy (non-hydrogen) atoms. The van der Waals surface area contributed by atoms with Gasteiger partial charge in [-0.3, -0.25) is 24.0 Å². The third kappa shape index (κ3) is 25.2. The van der Waals surface area contributed by atoms with Crippen LogP contribution in [0.2, 0.25) is 0 Å². The highest BCUT2D eigenvalue weighted by Gasteiger charge is 2.38. The molecule has 1 unspecified atom stereocenters. The van der Waals surface area contributed by atoms with Crippen LogP contribution in [0.5, 0.6) is 5.75 Å². The number of fused-ring (bicyclic) bond motifs is 1. The molecule has 0 spiro atoms. The number of rotatable bonds is 46. The Bertz CT molecular complexity index is 3070. The highest BCUT2D eigenvalue weighted by molar-refractivity contribution is 7.89. The number of sulfonamides is 1. The molecule has 3 aliphatic rings. The number of ether oxygens (including phenoxy) is 11. The smallest absolute Gasteiger partial charge is 0.313 e. The lowest BCUT2D eigenvalue weighted by molar-refractivity contribution is -0.180. The summed E-state index contributed by atoms with van der Waals surface area (Å²) in [6.45, 7) is 12.2. The second-order valence-electron chi connectivity index (χ2n) is 21.4. The predicted molar refractivity (Wildman–Crippen MR) is 332 cm³/mol.